The first kappa shape index (κ1) is 16.2. The molecule has 0 saturated carbocycles. The van der Waals surface area contributed by atoms with Crippen molar-refractivity contribution in [3.8, 4) is 0 Å². The van der Waals surface area contributed by atoms with Gasteiger partial charge in [-0.1, -0.05) is 0 Å². The fraction of sp³-hybridized carbons (Fsp3) is 0. The fourth-order valence-electron chi connectivity index (χ4n) is 0. The average molecular weight is 178 g/mol. The van der Waals surface area contributed by atoms with E-state index >= 15 is 0 Å². The Bertz CT molecular complexity index is 7.61. The molecule has 2 nitrogen and oxygen atoms in total. The van der Waals surface area contributed by atoms with E-state index < -0.39 is 0 Å². The van der Waals surface area contributed by atoms with Gasteiger partial charge in [0.1, 0.15) is 0 Å². The van der Waals surface area contributed by atoms with Crippen molar-refractivity contribution in [2.24, 2.45) is 0 Å². The van der Waals surface area contributed by atoms with Crippen LogP contribution >= 0.6 is 12.3 Å². The van der Waals surface area contributed by atoms with E-state index in [1.807, 2.05) is 0 Å². The minimum atomic E-state index is -0.250. The number of hydrogen-bond acceptors (Lipinski definition) is 3. The van der Waals surface area contributed by atoms with Gasteiger partial charge in [-0.25, -0.2) is 0 Å². The van der Waals surface area contributed by atoms with Crippen molar-refractivity contribution in [3.63, 3.8) is 0 Å². The minimum absolute atomic E-state index is 0. The van der Waals surface area contributed by atoms with E-state index in [1.54, 1.807) is 0 Å². The van der Waals surface area contributed by atoms with E-state index in [9.17, 15) is 0 Å². The van der Waals surface area contributed by atoms with Crippen molar-refractivity contribution in [2.75, 3.05) is 0 Å². The molecule has 36 valence electrons. The molecule has 0 saturated heterocycles. The second kappa shape index (κ2) is 18.5. The third-order valence-corrected chi connectivity index (χ3v) is 0. The molecule has 0 heterocycles. The van der Waals surface area contributed by atoms with Crippen LogP contribution in [0.15, 0.2) is 0 Å². The van der Waals surface area contributed by atoms with Crippen LogP contribution in [-0.4, -0.2) is 9.11 Å². The van der Waals surface area contributed by atoms with Gasteiger partial charge in [0.2, 0.25) is 0 Å². The van der Waals surface area contributed by atoms with Gasteiger partial charge in [0, 0.05) is 34.1 Å². The standard InChI is InChI=1S/2Fe.H2O2S/c;;1-3-2/h;;1-2H. The fourth-order valence-corrected chi connectivity index (χ4v) is 0. The molecule has 0 fully saturated rings. The third-order valence-electron chi connectivity index (χ3n) is 0. The zero-order chi connectivity index (χ0) is 2.71. The quantitative estimate of drug-likeness (QED) is 0.422. The van der Waals surface area contributed by atoms with Crippen molar-refractivity contribution in [1.29, 1.82) is 0 Å². The van der Waals surface area contributed by atoms with Crippen molar-refractivity contribution in [2.45, 2.75) is 0 Å². The van der Waals surface area contributed by atoms with Gasteiger partial charge in [-0.2, -0.15) is 0 Å². The van der Waals surface area contributed by atoms with Crippen LogP contribution < -0.4 is 0 Å². The SMILES string of the molecule is OSO.[Fe].[Fe]. The molecule has 0 spiro atoms. The molecule has 0 atom stereocenters. The van der Waals surface area contributed by atoms with Gasteiger partial charge in [0.25, 0.3) is 0 Å². The van der Waals surface area contributed by atoms with Gasteiger partial charge < -0.3 is 9.11 Å². The Kier molecular flexibility index (Phi) is 60.1. The van der Waals surface area contributed by atoms with Gasteiger partial charge in [0.15, 0.2) is 12.3 Å². The second-order valence-electron chi connectivity index (χ2n) is 0.0816. The average Bonchev–Trinajstić information content (AvgIpc) is 0.918. The molecule has 0 rings (SSSR count). The zero-order valence-electron chi connectivity index (χ0n) is 2.01. The van der Waals surface area contributed by atoms with Gasteiger partial charge in [-0.3, -0.25) is 0 Å². The topological polar surface area (TPSA) is 40.5 Å². The summed E-state index contributed by atoms with van der Waals surface area (Å²) >= 11 is -0.250. The van der Waals surface area contributed by atoms with Crippen LogP contribution in [0.4, 0.5) is 0 Å². The van der Waals surface area contributed by atoms with Crippen molar-refractivity contribution in [1.82, 2.24) is 0 Å². The number of hydrogen-bond donors (Lipinski definition) is 2. The van der Waals surface area contributed by atoms with E-state index in [-0.39, 0.29) is 46.5 Å². The van der Waals surface area contributed by atoms with Gasteiger partial charge in [-0.15, -0.1) is 0 Å². The van der Waals surface area contributed by atoms with Crippen molar-refractivity contribution >= 4 is 12.3 Å². The minimum Gasteiger partial charge on any atom is -0.307 e. The van der Waals surface area contributed by atoms with Crippen LogP contribution in [0.5, 0.6) is 0 Å². The Labute approximate surface area is 55.7 Å². The molecule has 0 aliphatic rings. The summed E-state index contributed by atoms with van der Waals surface area (Å²) in [5.41, 5.74) is 0. The third kappa shape index (κ3) is 33.9. The maximum atomic E-state index is 7.04. The zero-order valence-corrected chi connectivity index (χ0v) is 5.03. The molecule has 0 aromatic carbocycles. The van der Waals surface area contributed by atoms with E-state index in [1.165, 1.54) is 0 Å². The first-order valence-corrected chi connectivity index (χ1v) is 1.10. The van der Waals surface area contributed by atoms with Crippen LogP contribution in [0, 0.1) is 0 Å². The van der Waals surface area contributed by atoms with Crippen LogP contribution in [0.2, 0.25) is 0 Å². The molecule has 5 heteroatoms. The Balaban J connectivity index is -0.0000000200. The van der Waals surface area contributed by atoms with E-state index in [0.717, 1.165) is 0 Å². The second-order valence-corrected chi connectivity index (χ2v) is 0.245. The van der Waals surface area contributed by atoms with Gasteiger partial charge in [-0.05, 0) is 0 Å². The Morgan fingerprint density at radius 1 is 1.00 bits per heavy atom. The Morgan fingerprint density at radius 3 is 1.00 bits per heavy atom. The monoisotopic (exact) mass is 178 g/mol. The maximum absolute atomic E-state index is 7.04. The van der Waals surface area contributed by atoms with Crippen LogP contribution in [0.1, 0.15) is 0 Å². The van der Waals surface area contributed by atoms with Gasteiger partial charge >= 0.3 is 0 Å². The van der Waals surface area contributed by atoms with E-state index in [4.69, 9.17) is 9.11 Å². The van der Waals surface area contributed by atoms with E-state index in [0.29, 0.717) is 0 Å². The summed E-state index contributed by atoms with van der Waals surface area (Å²) in [6.07, 6.45) is 0. The van der Waals surface area contributed by atoms with Crippen LogP contribution in [-0.2, 0) is 34.1 Å². The first-order chi connectivity index (χ1) is 1.41. The molecule has 0 aliphatic carbocycles. The molecule has 0 unspecified atom stereocenters. The molecule has 2 N–H and O–H groups in total. The molecule has 0 aliphatic heterocycles. The maximum Gasteiger partial charge on any atom is 0.152 e. The normalized spacial score (nSPS) is 3.60. The Hall–Kier alpha value is 1.31. The molecular weight excluding hydrogens is 176 g/mol. The largest absolute Gasteiger partial charge is 0.307 e. The van der Waals surface area contributed by atoms with Gasteiger partial charge in [0.05, 0.1) is 0 Å². The molecule has 0 aromatic heterocycles. The van der Waals surface area contributed by atoms with Crippen molar-refractivity contribution < 1.29 is 43.2 Å². The predicted octanol–water partition coefficient (Wildman–Crippen LogP) is 0.661. The molecule has 0 radical (unpaired) electrons. The molecule has 0 amide bonds. The van der Waals surface area contributed by atoms with Crippen LogP contribution in [0.25, 0.3) is 0 Å². The van der Waals surface area contributed by atoms with Crippen LogP contribution in [0.3, 0.4) is 0 Å². The summed E-state index contributed by atoms with van der Waals surface area (Å²) in [5, 5.41) is 0. The summed E-state index contributed by atoms with van der Waals surface area (Å²) in [5.74, 6) is 0. The summed E-state index contributed by atoms with van der Waals surface area (Å²) in [6, 6.07) is 0. The summed E-state index contributed by atoms with van der Waals surface area (Å²) in [4.78, 5) is 0. The Morgan fingerprint density at radius 2 is 1.00 bits per heavy atom. The summed E-state index contributed by atoms with van der Waals surface area (Å²) in [6.45, 7) is 0. The molecular formula is H2Fe2O2S. The number of rotatable bonds is 0. The van der Waals surface area contributed by atoms with E-state index in [2.05, 4.69) is 0 Å². The predicted molar refractivity (Wildman–Crippen MR) is 12.8 cm³/mol. The molecule has 0 bridgehead atoms. The van der Waals surface area contributed by atoms with Crippen molar-refractivity contribution in [3.05, 3.63) is 0 Å². The smallest absolute Gasteiger partial charge is 0.152 e. The first-order valence-electron chi connectivity index (χ1n) is 0.365. The summed E-state index contributed by atoms with van der Waals surface area (Å²) in [7, 11) is 0. The summed E-state index contributed by atoms with van der Waals surface area (Å²) < 4.78 is 14.1. The molecule has 0 aromatic rings. The molecule has 5 heavy (non-hydrogen) atoms.